The Kier molecular flexibility index (Phi) is 2.19. The average molecular weight is 184 g/mol. The van der Waals surface area contributed by atoms with Gasteiger partial charge in [-0.2, -0.15) is 0 Å². The summed E-state index contributed by atoms with van der Waals surface area (Å²) in [6.07, 6.45) is 1.70. The van der Waals surface area contributed by atoms with E-state index in [0.29, 0.717) is 5.82 Å². The predicted molar refractivity (Wildman–Crippen MR) is 58.8 cm³/mol. The number of anilines is 1. The zero-order valence-corrected chi connectivity index (χ0v) is 8.07. The molecule has 0 spiro atoms. The van der Waals surface area contributed by atoms with Crippen molar-refractivity contribution in [2.24, 2.45) is 0 Å². The second kappa shape index (κ2) is 3.50. The molecule has 0 atom stereocenters. The molecule has 1 aromatic heterocycles. The van der Waals surface area contributed by atoms with Crippen LogP contribution in [0, 0.1) is 6.92 Å². The molecule has 2 heteroatoms. The van der Waals surface area contributed by atoms with E-state index in [0.717, 1.165) is 11.1 Å². The largest absolute Gasteiger partial charge is 0.383 e. The van der Waals surface area contributed by atoms with Crippen LogP contribution in [0.3, 0.4) is 0 Å². The molecule has 0 aliphatic heterocycles. The number of nitrogens with zero attached hydrogens (tertiary/aromatic N) is 1. The molecule has 0 radical (unpaired) electrons. The highest BCUT2D eigenvalue weighted by atomic mass is 14.8. The van der Waals surface area contributed by atoms with Gasteiger partial charge >= 0.3 is 0 Å². The Morgan fingerprint density at radius 1 is 1.07 bits per heavy atom. The van der Waals surface area contributed by atoms with Crippen molar-refractivity contribution in [2.45, 2.75) is 6.92 Å². The van der Waals surface area contributed by atoms with E-state index in [9.17, 15) is 0 Å². The van der Waals surface area contributed by atoms with Crippen LogP contribution < -0.4 is 5.73 Å². The van der Waals surface area contributed by atoms with E-state index in [2.05, 4.69) is 36.2 Å². The molecule has 0 aliphatic carbocycles. The topological polar surface area (TPSA) is 38.9 Å². The fourth-order valence-electron chi connectivity index (χ4n) is 1.39. The number of aryl methyl sites for hydroxylation is 1. The number of aromatic nitrogens is 1. The van der Waals surface area contributed by atoms with Crippen LogP contribution in [0.1, 0.15) is 5.56 Å². The maximum Gasteiger partial charge on any atom is 0.131 e. The third-order valence-electron chi connectivity index (χ3n) is 2.20. The molecule has 2 rings (SSSR count). The standard InChI is InChI=1S/C12H12N2/c1-9-4-6-10(7-5-9)11-3-2-8-14-12(11)13/h2-8H,1H3,(H2,13,14). The van der Waals surface area contributed by atoms with Crippen molar-refractivity contribution in [3.05, 3.63) is 48.2 Å². The van der Waals surface area contributed by atoms with Gasteiger partial charge in [0.25, 0.3) is 0 Å². The molecule has 0 fully saturated rings. The van der Waals surface area contributed by atoms with Crippen LogP contribution in [-0.4, -0.2) is 4.98 Å². The Bertz CT molecular complexity index is 432. The normalized spacial score (nSPS) is 10.1. The average Bonchev–Trinajstić information content (AvgIpc) is 2.20. The molecule has 2 N–H and O–H groups in total. The van der Waals surface area contributed by atoms with E-state index in [-0.39, 0.29) is 0 Å². The van der Waals surface area contributed by atoms with Gasteiger partial charge < -0.3 is 5.73 Å². The third kappa shape index (κ3) is 1.59. The van der Waals surface area contributed by atoms with E-state index < -0.39 is 0 Å². The molecule has 2 aromatic rings. The molecule has 0 amide bonds. The summed E-state index contributed by atoms with van der Waals surface area (Å²) in [5.74, 6) is 0.580. The van der Waals surface area contributed by atoms with E-state index in [1.165, 1.54) is 5.56 Å². The van der Waals surface area contributed by atoms with Crippen LogP contribution in [0.5, 0.6) is 0 Å². The Balaban J connectivity index is 2.50. The molecular formula is C12H12N2. The molecule has 0 bridgehead atoms. The minimum absolute atomic E-state index is 0.580. The van der Waals surface area contributed by atoms with Gasteiger partial charge in [0.1, 0.15) is 5.82 Å². The molecule has 1 heterocycles. The van der Waals surface area contributed by atoms with Crippen molar-refractivity contribution in [1.82, 2.24) is 4.98 Å². The quantitative estimate of drug-likeness (QED) is 0.740. The van der Waals surface area contributed by atoms with Crippen molar-refractivity contribution in [1.29, 1.82) is 0 Å². The van der Waals surface area contributed by atoms with E-state index in [1.807, 2.05) is 12.1 Å². The van der Waals surface area contributed by atoms with Crippen molar-refractivity contribution in [3.8, 4) is 11.1 Å². The van der Waals surface area contributed by atoms with E-state index >= 15 is 0 Å². The van der Waals surface area contributed by atoms with Crippen LogP contribution in [0.4, 0.5) is 5.82 Å². The van der Waals surface area contributed by atoms with E-state index in [1.54, 1.807) is 6.20 Å². The molecule has 0 saturated carbocycles. The molecule has 0 aliphatic rings. The summed E-state index contributed by atoms with van der Waals surface area (Å²) in [5, 5.41) is 0. The Hall–Kier alpha value is -1.83. The first-order valence-corrected chi connectivity index (χ1v) is 4.55. The van der Waals surface area contributed by atoms with Crippen LogP contribution in [0.2, 0.25) is 0 Å². The highest BCUT2D eigenvalue weighted by Gasteiger charge is 2.01. The first-order valence-electron chi connectivity index (χ1n) is 4.55. The first kappa shape index (κ1) is 8.75. The lowest BCUT2D eigenvalue weighted by atomic mass is 10.1. The number of benzene rings is 1. The lowest BCUT2D eigenvalue weighted by Gasteiger charge is -2.04. The van der Waals surface area contributed by atoms with Crippen LogP contribution in [0.25, 0.3) is 11.1 Å². The van der Waals surface area contributed by atoms with Gasteiger partial charge in [-0.3, -0.25) is 0 Å². The van der Waals surface area contributed by atoms with Gasteiger partial charge in [-0.15, -0.1) is 0 Å². The molecule has 0 saturated heterocycles. The SMILES string of the molecule is Cc1ccc(-c2cccnc2N)cc1. The molecule has 14 heavy (non-hydrogen) atoms. The third-order valence-corrected chi connectivity index (χ3v) is 2.20. The van der Waals surface area contributed by atoms with Crippen molar-refractivity contribution in [2.75, 3.05) is 5.73 Å². The number of pyridine rings is 1. The van der Waals surface area contributed by atoms with Gasteiger partial charge in [0.2, 0.25) is 0 Å². The van der Waals surface area contributed by atoms with Gasteiger partial charge in [-0.1, -0.05) is 29.8 Å². The molecular weight excluding hydrogens is 172 g/mol. The number of hydrogen-bond donors (Lipinski definition) is 1. The summed E-state index contributed by atoms with van der Waals surface area (Å²) >= 11 is 0. The van der Waals surface area contributed by atoms with Gasteiger partial charge in [-0.25, -0.2) is 4.98 Å². The summed E-state index contributed by atoms with van der Waals surface area (Å²) < 4.78 is 0. The van der Waals surface area contributed by atoms with Gasteiger partial charge in [0.05, 0.1) is 0 Å². The van der Waals surface area contributed by atoms with Gasteiger partial charge in [-0.05, 0) is 24.6 Å². The summed E-state index contributed by atoms with van der Waals surface area (Å²) in [6.45, 7) is 2.07. The summed E-state index contributed by atoms with van der Waals surface area (Å²) in [5.41, 5.74) is 9.13. The number of rotatable bonds is 1. The number of nitrogen functional groups attached to an aromatic ring is 1. The maximum atomic E-state index is 5.78. The zero-order chi connectivity index (χ0) is 9.97. The van der Waals surface area contributed by atoms with Crippen LogP contribution in [0.15, 0.2) is 42.6 Å². The highest BCUT2D eigenvalue weighted by molar-refractivity contribution is 5.73. The highest BCUT2D eigenvalue weighted by Crippen LogP contribution is 2.23. The van der Waals surface area contributed by atoms with Crippen LogP contribution in [-0.2, 0) is 0 Å². The second-order valence-corrected chi connectivity index (χ2v) is 3.30. The van der Waals surface area contributed by atoms with E-state index in [4.69, 9.17) is 5.73 Å². The smallest absolute Gasteiger partial charge is 0.131 e. The van der Waals surface area contributed by atoms with Gasteiger partial charge in [0, 0.05) is 11.8 Å². The fourth-order valence-corrected chi connectivity index (χ4v) is 1.39. The fraction of sp³-hybridized carbons (Fsp3) is 0.0833. The Labute approximate surface area is 83.4 Å². The Morgan fingerprint density at radius 3 is 2.43 bits per heavy atom. The second-order valence-electron chi connectivity index (χ2n) is 3.30. The Morgan fingerprint density at radius 2 is 1.79 bits per heavy atom. The lowest BCUT2D eigenvalue weighted by molar-refractivity contribution is 1.33. The summed E-state index contributed by atoms with van der Waals surface area (Å²) in [6, 6.07) is 12.1. The number of hydrogen-bond acceptors (Lipinski definition) is 2. The minimum atomic E-state index is 0.580. The first-order chi connectivity index (χ1) is 6.77. The molecule has 2 nitrogen and oxygen atoms in total. The predicted octanol–water partition coefficient (Wildman–Crippen LogP) is 2.64. The van der Waals surface area contributed by atoms with Crippen molar-refractivity contribution >= 4 is 5.82 Å². The van der Waals surface area contributed by atoms with Gasteiger partial charge in [0.15, 0.2) is 0 Å². The maximum absolute atomic E-state index is 5.78. The molecule has 70 valence electrons. The van der Waals surface area contributed by atoms with Crippen LogP contribution >= 0.6 is 0 Å². The molecule has 1 aromatic carbocycles. The lowest BCUT2D eigenvalue weighted by Crippen LogP contribution is -1.92. The summed E-state index contributed by atoms with van der Waals surface area (Å²) in [7, 11) is 0. The monoisotopic (exact) mass is 184 g/mol. The minimum Gasteiger partial charge on any atom is -0.383 e. The van der Waals surface area contributed by atoms with Crippen molar-refractivity contribution in [3.63, 3.8) is 0 Å². The van der Waals surface area contributed by atoms with Crippen molar-refractivity contribution < 1.29 is 0 Å². The molecule has 0 unspecified atom stereocenters. The summed E-state index contributed by atoms with van der Waals surface area (Å²) in [4.78, 5) is 4.06. The zero-order valence-electron chi connectivity index (χ0n) is 8.07. The number of nitrogens with two attached hydrogens (primary N) is 1.